The Labute approximate surface area is 79.0 Å². The second kappa shape index (κ2) is 4.78. The van der Waals surface area contributed by atoms with Crippen molar-refractivity contribution in [3.8, 4) is 5.75 Å². The van der Waals surface area contributed by atoms with Gasteiger partial charge in [-0.25, -0.2) is 0 Å². The highest BCUT2D eigenvalue weighted by molar-refractivity contribution is 5.27. The average Bonchev–Trinajstić information content (AvgIpc) is 2.27. The van der Waals surface area contributed by atoms with Crippen LogP contribution in [-0.2, 0) is 6.42 Å². The van der Waals surface area contributed by atoms with Crippen molar-refractivity contribution in [3.05, 3.63) is 29.7 Å². The number of rotatable bonds is 4. The van der Waals surface area contributed by atoms with Crippen LogP contribution in [0.5, 0.6) is 5.75 Å². The van der Waals surface area contributed by atoms with E-state index in [4.69, 9.17) is 16.0 Å². The molecule has 12 heavy (non-hydrogen) atoms. The molecule has 0 saturated carbocycles. The molecule has 0 bridgehead atoms. The summed E-state index contributed by atoms with van der Waals surface area (Å²) < 4.78 is 35.9. The first-order valence-electron chi connectivity index (χ1n) is 5.96. The van der Waals surface area contributed by atoms with Crippen LogP contribution in [0, 0.1) is 0 Å². The van der Waals surface area contributed by atoms with Gasteiger partial charge in [-0.2, -0.15) is 0 Å². The number of benzene rings is 1. The summed E-state index contributed by atoms with van der Waals surface area (Å²) in [5.41, 5.74) is 5.68. The summed E-state index contributed by atoms with van der Waals surface area (Å²) >= 11 is 0. The van der Waals surface area contributed by atoms with Gasteiger partial charge in [-0.1, -0.05) is 19.0 Å². The van der Waals surface area contributed by atoms with Gasteiger partial charge in [-0.15, -0.1) is 0 Å². The molecule has 0 aliphatic rings. The highest BCUT2D eigenvalue weighted by Crippen LogP contribution is 2.11. The van der Waals surface area contributed by atoms with E-state index in [1.165, 1.54) is 0 Å². The van der Waals surface area contributed by atoms with E-state index in [2.05, 4.69) is 0 Å². The number of ether oxygens (including phenoxy) is 1. The van der Waals surface area contributed by atoms with E-state index in [0.29, 0.717) is 12.0 Å². The Morgan fingerprint density at radius 3 is 2.58 bits per heavy atom. The Morgan fingerprint density at radius 1 is 1.42 bits per heavy atom. The zero-order valence-electron chi connectivity index (χ0n) is 11.1. The molecule has 0 amide bonds. The lowest BCUT2D eigenvalue weighted by molar-refractivity contribution is 0.328. The van der Waals surface area contributed by atoms with E-state index >= 15 is 0 Å². The quantitative estimate of drug-likeness (QED) is 0.742. The highest BCUT2D eigenvalue weighted by atomic mass is 16.5. The second-order valence-electron chi connectivity index (χ2n) is 2.30. The van der Waals surface area contributed by atoms with Gasteiger partial charge in [0.25, 0.3) is 0 Å². The standard InChI is InChI=1S/C10H15NO/c1-2-9-3-5-10(6-4-9)12-8-7-11/h3-6H,2,7-8,11H2,1H3/i3D,4D,5D,6D. The summed E-state index contributed by atoms with van der Waals surface area (Å²) in [4.78, 5) is 0. The molecule has 0 atom stereocenters. The minimum atomic E-state index is -0.133. The summed E-state index contributed by atoms with van der Waals surface area (Å²) in [5.74, 6) is -0.0161. The summed E-state index contributed by atoms with van der Waals surface area (Å²) in [7, 11) is 0. The van der Waals surface area contributed by atoms with Crippen LogP contribution in [0.4, 0.5) is 0 Å². The molecule has 1 aromatic rings. The normalized spacial score (nSPS) is 14.5. The van der Waals surface area contributed by atoms with Crippen LogP contribution in [0.15, 0.2) is 24.2 Å². The van der Waals surface area contributed by atoms with Crippen molar-refractivity contribution in [2.24, 2.45) is 5.73 Å². The van der Waals surface area contributed by atoms with Crippen molar-refractivity contribution in [2.75, 3.05) is 13.2 Å². The van der Waals surface area contributed by atoms with Crippen LogP contribution >= 0.6 is 0 Å². The van der Waals surface area contributed by atoms with E-state index in [-0.39, 0.29) is 43.1 Å². The molecule has 0 spiro atoms. The molecule has 0 radical (unpaired) electrons. The van der Waals surface area contributed by atoms with Gasteiger partial charge in [0, 0.05) is 6.54 Å². The van der Waals surface area contributed by atoms with Crippen LogP contribution in [0.1, 0.15) is 18.0 Å². The van der Waals surface area contributed by atoms with Gasteiger partial charge in [0.1, 0.15) is 12.4 Å². The molecule has 0 aliphatic heterocycles. The van der Waals surface area contributed by atoms with E-state index in [0.717, 1.165) is 0 Å². The SMILES string of the molecule is [2H]c1c([2H])c(OCCN)c([2H])c([2H])c1CC. The first kappa shape index (κ1) is 4.87. The first-order chi connectivity index (χ1) is 7.54. The summed E-state index contributed by atoms with van der Waals surface area (Å²) in [6.07, 6.45) is 0.465. The van der Waals surface area contributed by atoms with Crippen molar-refractivity contribution in [1.82, 2.24) is 0 Å². The number of hydrogen-bond acceptors (Lipinski definition) is 2. The monoisotopic (exact) mass is 169 g/mol. The molecular weight excluding hydrogens is 150 g/mol. The third-order valence-electron chi connectivity index (χ3n) is 1.37. The highest BCUT2D eigenvalue weighted by Gasteiger charge is 1.92. The fraction of sp³-hybridized carbons (Fsp3) is 0.400. The molecule has 0 heterocycles. The van der Waals surface area contributed by atoms with Crippen LogP contribution < -0.4 is 10.5 Å². The summed E-state index contributed by atoms with van der Waals surface area (Å²) in [6, 6.07) is -0.330. The predicted octanol–water partition coefficient (Wildman–Crippen LogP) is 1.59. The smallest absolute Gasteiger partial charge is 0.119 e. The van der Waals surface area contributed by atoms with E-state index in [1.807, 2.05) is 0 Å². The third kappa shape index (κ3) is 2.55. The van der Waals surface area contributed by atoms with Crippen molar-refractivity contribution in [1.29, 1.82) is 0 Å². The lowest BCUT2D eigenvalue weighted by Crippen LogP contribution is -2.10. The van der Waals surface area contributed by atoms with Gasteiger partial charge >= 0.3 is 0 Å². The van der Waals surface area contributed by atoms with Gasteiger partial charge in [-0.05, 0) is 24.1 Å². The molecule has 0 fully saturated rings. The van der Waals surface area contributed by atoms with Crippen LogP contribution in [0.3, 0.4) is 0 Å². The molecule has 1 rings (SSSR count). The van der Waals surface area contributed by atoms with Gasteiger partial charge in [0.05, 0.1) is 5.48 Å². The average molecular weight is 169 g/mol. The number of nitrogens with two attached hydrogens (primary N) is 1. The third-order valence-corrected chi connectivity index (χ3v) is 1.37. The molecule has 2 nitrogen and oxygen atoms in total. The summed E-state index contributed by atoms with van der Waals surface area (Å²) in [5, 5.41) is 0. The molecule has 66 valence electrons. The van der Waals surface area contributed by atoms with Crippen LogP contribution in [0.25, 0.3) is 0 Å². The van der Waals surface area contributed by atoms with Crippen molar-refractivity contribution < 1.29 is 10.2 Å². The molecule has 1 aromatic carbocycles. The minimum Gasteiger partial charge on any atom is -0.492 e. The zero-order valence-corrected chi connectivity index (χ0v) is 7.11. The van der Waals surface area contributed by atoms with E-state index in [1.54, 1.807) is 6.92 Å². The second-order valence-corrected chi connectivity index (χ2v) is 2.30. The van der Waals surface area contributed by atoms with Crippen molar-refractivity contribution >= 4 is 0 Å². The lowest BCUT2D eigenvalue weighted by atomic mass is 10.2. The molecule has 0 aromatic heterocycles. The molecule has 0 unspecified atom stereocenters. The molecule has 2 heteroatoms. The molecular formula is C10H15NO. The van der Waals surface area contributed by atoms with E-state index in [9.17, 15) is 0 Å². The molecule has 2 N–H and O–H groups in total. The lowest BCUT2D eigenvalue weighted by Gasteiger charge is -2.04. The maximum atomic E-state index is 7.71. The van der Waals surface area contributed by atoms with E-state index < -0.39 is 0 Å². The fourth-order valence-corrected chi connectivity index (χ4v) is 0.737. The Morgan fingerprint density at radius 2 is 2.08 bits per heavy atom. The van der Waals surface area contributed by atoms with Gasteiger partial charge in [0.2, 0.25) is 0 Å². The van der Waals surface area contributed by atoms with Crippen molar-refractivity contribution in [3.63, 3.8) is 0 Å². The Balaban J connectivity index is 3.29. The minimum absolute atomic E-state index is 0.0161. The largest absolute Gasteiger partial charge is 0.492 e. The Kier molecular flexibility index (Phi) is 1.94. The predicted molar refractivity (Wildman–Crippen MR) is 50.4 cm³/mol. The fourth-order valence-electron chi connectivity index (χ4n) is 0.737. The number of hydrogen-bond donors (Lipinski definition) is 1. The van der Waals surface area contributed by atoms with Gasteiger partial charge < -0.3 is 10.5 Å². The topological polar surface area (TPSA) is 35.2 Å². The maximum Gasteiger partial charge on any atom is 0.119 e. The Bertz CT molecular complexity index is 366. The first-order valence-corrected chi connectivity index (χ1v) is 3.96. The van der Waals surface area contributed by atoms with Crippen LogP contribution in [0.2, 0.25) is 0 Å². The Hall–Kier alpha value is -1.02. The maximum absolute atomic E-state index is 7.71. The van der Waals surface area contributed by atoms with Gasteiger partial charge in [0.15, 0.2) is 0 Å². The molecule has 0 aliphatic carbocycles. The molecule has 0 saturated heterocycles. The van der Waals surface area contributed by atoms with Gasteiger partial charge in [-0.3, -0.25) is 0 Å². The van der Waals surface area contributed by atoms with Crippen LogP contribution in [-0.4, -0.2) is 13.2 Å². The van der Waals surface area contributed by atoms with Crippen molar-refractivity contribution in [2.45, 2.75) is 13.3 Å². The zero-order chi connectivity index (χ0) is 12.3. The summed E-state index contributed by atoms with van der Waals surface area (Å²) in [6.45, 7) is 2.25.